The predicted molar refractivity (Wildman–Crippen MR) is 44.2 cm³/mol. The topological polar surface area (TPSA) is 47.6 Å². The fourth-order valence-corrected chi connectivity index (χ4v) is 1.73. The van der Waals surface area contributed by atoms with Gasteiger partial charge in [-0.3, -0.25) is 5.41 Å². The van der Waals surface area contributed by atoms with E-state index in [4.69, 9.17) is 10.7 Å². The average Bonchev–Trinajstić information content (AvgIpc) is 1.90. The van der Waals surface area contributed by atoms with E-state index in [1.807, 2.05) is 18.6 Å². The fourth-order valence-electron chi connectivity index (χ4n) is 0.385. The van der Waals surface area contributed by atoms with Crippen LogP contribution in [-0.4, -0.2) is 22.8 Å². The van der Waals surface area contributed by atoms with E-state index in [-0.39, 0.29) is 10.3 Å². The van der Waals surface area contributed by atoms with Crippen molar-refractivity contribution in [1.82, 2.24) is 0 Å². The molecule has 0 saturated heterocycles. The Hall–Kier alpha value is -0.140. The van der Waals surface area contributed by atoms with Gasteiger partial charge in [-0.1, -0.05) is 0 Å². The smallest absolute Gasteiger partial charge is 0.132 e. The van der Waals surface area contributed by atoms with Crippen LogP contribution in [-0.2, 0) is 0 Å². The molecule has 0 rings (SSSR count). The van der Waals surface area contributed by atoms with Gasteiger partial charge >= 0.3 is 0 Å². The number of hydrogen-bond donors (Lipinski definition) is 1. The Labute approximate surface area is 63.5 Å². The summed E-state index contributed by atoms with van der Waals surface area (Å²) in [4.78, 5) is 0. The summed E-state index contributed by atoms with van der Waals surface area (Å²) in [6, 6.07) is 1.81. The summed E-state index contributed by atoms with van der Waals surface area (Å²) in [5.41, 5.74) is 0.148. The highest BCUT2D eigenvalue weighted by molar-refractivity contribution is 8.17. The van der Waals surface area contributed by atoms with Crippen molar-refractivity contribution in [3.8, 4) is 6.07 Å². The van der Waals surface area contributed by atoms with E-state index in [2.05, 4.69) is 0 Å². The van der Waals surface area contributed by atoms with Crippen molar-refractivity contribution >= 4 is 29.2 Å². The summed E-state index contributed by atoms with van der Waals surface area (Å²) >= 11 is 3.04. The Bertz CT molecular complexity index is 134. The minimum absolute atomic E-state index is 0.0231. The maximum atomic E-state index is 8.27. The summed E-state index contributed by atoms with van der Waals surface area (Å²) < 4.78 is 0.0231. The lowest BCUT2D eigenvalue weighted by atomic mass is 10.5. The van der Waals surface area contributed by atoms with Gasteiger partial charge in [-0.15, -0.1) is 23.5 Å². The van der Waals surface area contributed by atoms with Gasteiger partial charge in [0.25, 0.3) is 0 Å². The molecule has 0 amide bonds. The maximum absolute atomic E-state index is 8.27. The molecule has 50 valence electrons. The highest BCUT2D eigenvalue weighted by Gasteiger charge is 2.09. The van der Waals surface area contributed by atoms with Crippen molar-refractivity contribution in [2.45, 2.75) is 4.58 Å². The van der Waals surface area contributed by atoms with E-state index in [1.165, 1.54) is 23.5 Å². The van der Waals surface area contributed by atoms with Crippen molar-refractivity contribution in [3.63, 3.8) is 0 Å². The first-order valence-electron chi connectivity index (χ1n) is 2.30. The third kappa shape index (κ3) is 2.78. The first-order valence-corrected chi connectivity index (χ1v) is 4.88. The van der Waals surface area contributed by atoms with Gasteiger partial charge in [0.15, 0.2) is 0 Å². The quantitative estimate of drug-likeness (QED) is 0.503. The van der Waals surface area contributed by atoms with Gasteiger partial charge in [-0.2, -0.15) is 5.26 Å². The van der Waals surface area contributed by atoms with E-state index in [0.29, 0.717) is 0 Å². The zero-order chi connectivity index (χ0) is 7.28. The molecule has 0 aromatic rings. The number of nitriles is 1. The normalized spacial score (nSPS) is 9.11. The standard InChI is InChI=1S/C5H8N2S2/c1-8-5(9-2)4(7)3-6/h5,7H,1-2H3. The first-order chi connectivity index (χ1) is 4.26. The molecular weight excluding hydrogens is 152 g/mol. The van der Waals surface area contributed by atoms with Gasteiger partial charge < -0.3 is 0 Å². The van der Waals surface area contributed by atoms with E-state index < -0.39 is 0 Å². The molecule has 0 unspecified atom stereocenters. The highest BCUT2D eigenvalue weighted by atomic mass is 32.2. The second-order valence-corrected chi connectivity index (χ2v) is 3.51. The van der Waals surface area contributed by atoms with Gasteiger partial charge in [0.2, 0.25) is 0 Å². The molecule has 2 nitrogen and oxygen atoms in total. The number of thioether (sulfide) groups is 2. The summed E-state index contributed by atoms with van der Waals surface area (Å²) in [6.45, 7) is 0. The Morgan fingerprint density at radius 2 is 2.00 bits per heavy atom. The van der Waals surface area contributed by atoms with Gasteiger partial charge in [-0.05, 0) is 12.5 Å². The second-order valence-electron chi connectivity index (χ2n) is 1.33. The van der Waals surface area contributed by atoms with Crippen LogP contribution in [0.4, 0.5) is 0 Å². The second kappa shape index (κ2) is 4.71. The number of hydrogen-bond acceptors (Lipinski definition) is 4. The lowest BCUT2D eigenvalue weighted by Gasteiger charge is -2.04. The minimum Gasteiger partial charge on any atom is -0.293 e. The van der Waals surface area contributed by atoms with E-state index in [1.54, 1.807) is 0 Å². The van der Waals surface area contributed by atoms with Crippen LogP contribution >= 0.6 is 23.5 Å². The van der Waals surface area contributed by atoms with Crippen molar-refractivity contribution in [2.75, 3.05) is 12.5 Å². The molecule has 0 aliphatic carbocycles. The monoisotopic (exact) mass is 160 g/mol. The molecule has 0 aliphatic heterocycles. The molecule has 0 radical (unpaired) electrons. The summed E-state index contributed by atoms with van der Waals surface area (Å²) in [5, 5.41) is 15.4. The van der Waals surface area contributed by atoms with Crippen molar-refractivity contribution < 1.29 is 0 Å². The van der Waals surface area contributed by atoms with Crippen molar-refractivity contribution in [1.29, 1.82) is 10.7 Å². The van der Waals surface area contributed by atoms with E-state index in [9.17, 15) is 0 Å². The maximum Gasteiger partial charge on any atom is 0.132 e. The zero-order valence-corrected chi connectivity index (χ0v) is 6.97. The van der Waals surface area contributed by atoms with Crippen LogP contribution in [0, 0.1) is 16.7 Å². The molecule has 1 N–H and O–H groups in total. The van der Waals surface area contributed by atoms with Gasteiger partial charge in [0.1, 0.15) is 16.4 Å². The van der Waals surface area contributed by atoms with Crippen LogP contribution in [0.5, 0.6) is 0 Å². The molecule has 0 saturated carbocycles. The molecule has 0 heterocycles. The summed E-state index contributed by atoms with van der Waals surface area (Å²) in [6.07, 6.45) is 3.79. The number of rotatable bonds is 3. The molecule has 4 heteroatoms. The molecule has 0 aromatic carbocycles. The molecule has 0 aliphatic rings. The molecule has 0 bridgehead atoms. The van der Waals surface area contributed by atoms with Crippen LogP contribution in [0.2, 0.25) is 0 Å². The third-order valence-electron chi connectivity index (χ3n) is 0.784. The van der Waals surface area contributed by atoms with Crippen LogP contribution in [0.3, 0.4) is 0 Å². The number of nitrogens with zero attached hydrogens (tertiary/aromatic N) is 1. The highest BCUT2D eigenvalue weighted by Crippen LogP contribution is 2.18. The van der Waals surface area contributed by atoms with E-state index in [0.717, 1.165) is 0 Å². The van der Waals surface area contributed by atoms with Crippen molar-refractivity contribution in [3.05, 3.63) is 0 Å². The molecule has 0 atom stereocenters. The van der Waals surface area contributed by atoms with E-state index >= 15 is 0 Å². The third-order valence-corrected chi connectivity index (χ3v) is 3.27. The molecular formula is C5H8N2S2. The van der Waals surface area contributed by atoms with Crippen LogP contribution in [0.25, 0.3) is 0 Å². The molecule has 9 heavy (non-hydrogen) atoms. The average molecular weight is 160 g/mol. The van der Waals surface area contributed by atoms with Crippen LogP contribution < -0.4 is 0 Å². The zero-order valence-electron chi connectivity index (χ0n) is 5.34. The molecule has 0 fully saturated rings. The molecule has 0 spiro atoms. The predicted octanol–water partition coefficient (Wildman–Crippen LogP) is 1.58. The lowest BCUT2D eigenvalue weighted by molar-refractivity contribution is 1.45. The summed E-state index contributed by atoms with van der Waals surface area (Å²) in [7, 11) is 0. The van der Waals surface area contributed by atoms with Gasteiger partial charge in [0, 0.05) is 0 Å². The summed E-state index contributed by atoms with van der Waals surface area (Å²) in [5.74, 6) is 0. The Morgan fingerprint density at radius 3 is 2.11 bits per heavy atom. The minimum atomic E-state index is 0.0231. The van der Waals surface area contributed by atoms with Gasteiger partial charge in [0.05, 0.1) is 0 Å². The lowest BCUT2D eigenvalue weighted by Crippen LogP contribution is -2.07. The largest absolute Gasteiger partial charge is 0.293 e. The van der Waals surface area contributed by atoms with Gasteiger partial charge in [-0.25, -0.2) is 0 Å². The van der Waals surface area contributed by atoms with Crippen LogP contribution in [0.15, 0.2) is 0 Å². The van der Waals surface area contributed by atoms with Crippen LogP contribution in [0.1, 0.15) is 0 Å². The fraction of sp³-hybridized carbons (Fsp3) is 0.600. The number of nitrogens with one attached hydrogen (secondary N) is 1. The molecule has 0 aromatic heterocycles. The Morgan fingerprint density at radius 1 is 1.56 bits per heavy atom. The Balaban J connectivity index is 3.83. The Kier molecular flexibility index (Phi) is 4.64. The first kappa shape index (κ1) is 8.86. The van der Waals surface area contributed by atoms with Crippen molar-refractivity contribution in [2.24, 2.45) is 0 Å². The SMILES string of the molecule is CSC(SC)C(=N)C#N.